The van der Waals surface area contributed by atoms with Crippen LogP contribution in [0.25, 0.3) is 0 Å². The Morgan fingerprint density at radius 1 is 0.769 bits per heavy atom. The first kappa shape index (κ1) is 20.7. The lowest BCUT2D eigenvalue weighted by atomic mass is 9.77. The second-order valence-corrected chi connectivity index (χ2v) is 9.81. The molecule has 0 aliphatic heterocycles. The van der Waals surface area contributed by atoms with E-state index in [4.69, 9.17) is 0 Å². The number of aryl methyl sites for hydroxylation is 2. The Labute approximate surface area is 162 Å². The van der Waals surface area contributed by atoms with E-state index < -0.39 is 0 Å². The van der Waals surface area contributed by atoms with Crippen molar-refractivity contribution in [3.8, 4) is 0 Å². The quantitative estimate of drug-likeness (QED) is 0.539. The Hall–Kier alpha value is -1.56. The molecule has 0 heterocycles. The average molecular weight is 349 g/mol. The number of benzene rings is 2. The van der Waals surface area contributed by atoms with Crippen molar-refractivity contribution in [1.82, 2.24) is 0 Å². The van der Waals surface area contributed by atoms with E-state index in [1.807, 2.05) is 0 Å². The monoisotopic (exact) mass is 348 g/mol. The summed E-state index contributed by atoms with van der Waals surface area (Å²) in [5, 5.41) is 0. The standard InChI is InChI=1S/C26H36/c1-10-11-22(23-16-20(25(4,5)6)14-12-18(23)2)24-17-21(26(7,8)9)15-13-19(24)3/h12-13,16-17,22H,10-11H2,1-9H3. The van der Waals surface area contributed by atoms with Gasteiger partial charge in [0.15, 0.2) is 0 Å². The second-order valence-electron chi connectivity index (χ2n) is 9.81. The highest BCUT2D eigenvalue weighted by Gasteiger charge is 2.23. The Morgan fingerprint density at radius 2 is 1.15 bits per heavy atom. The molecule has 0 aromatic heterocycles. The highest BCUT2D eigenvalue weighted by Crippen LogP contribution is 2.37. The van der Waals surface area contributed by atoms with Crippen molar-refractivity contribution in [3.63, 3.8) is 0 Å². The van der Waals surface area contributed by atoms with Crippen LogP contribution >= 0.6 is 0 Å². The van der Waals surface area contributed by atoms with Crippen molar-refractivity contribution in [3.05, 3.63) is 69.8 Å². The van der Waals surface area contributed by atoms with Crippen LogP contribution in [-0.2, 0) is 10.8 Å². The molecule has 0 spiro atoms. The van der Waals surface area contributed by atoms with Crippen molar-refractivity contribution in [2.45, 2.75) is 91.9 Å². The van der Waals surface area contributed by atoms with Crippen LogP contribution in [0.4, 0.5) is 0 Å². The maximum atomic E-state index is 3.51. The molecule has 0 saturated heterocycles. The summed E-state index contributed by atoms with van der Waals surface area (Å²) < 4.78 is 0. The molecule has 2 aromatic rings. The summed E-state index contributed by atoms with van der Waals surface area (Å²) in [5.74, 6) is 0.436. The molecular weight excluding hydrogens is 312 g/mol. The van der Waals surface area contributed by atoms with Crippen LogP contribution in [-0.4, -0.2) is 0 Å². The molecule has 0 heteroatoms. The molecule has 0 unspecified atom stereocenters. The van der Waals surface area contributed by atoms with Crippen LogP contribution in [0.5, 0.6) is 0 Å². The molecule has 2 rings (SSSR count). The molecule has 0 nitrogen and oxygen atoms in total. The van der Waals surface area contributed by atoms with Gasteiger partial charge in [-0.2, -0.15) is 0 Å². The van der Waals surface area contributed by atoms with Crippen LogP contribution in [0.1, 0.15) is 101 Å². The molecule has 0 N–H and O–H groups in total. The Kier molecular flexibility index (Phi) is 6.06. The zero-order valence-electron chi connectivity index (χ0n) is 18.3. The molecule has 0 atom stereocenters. The van der Waals surface area contributed by atoms with E-state index in [1.165, 1.54) is 46.2 Å². The SMILES string of the molecule is CCCC(c1cc(C(C)(C)C)[c]cc1C)c1cc(C(C)(C)C)[c]cc1C. The third kappa shape index (κ3) is 4.58. The van der Waals surface area contributed by atoms with Crippen LogP contribution in [0.3, 0.4) is 0 Å². The summed E-state index contributed by atoms with van der Waals surface area (Å²) in [6.45, 7) is 20.4. The zero-order chi connectivity index (χ0) is 19.7. The van der Waals surface area contributed by atoms with Gasteiger partial charge in [-0.05, 0) is 76.6 Å². The van der Waals surface area contributed by atoms with E-state index in [0.717, 1.165) is 0 Å². The third-order valence-electron chi connectivity index (χ3n) is 5.34. The third-order valence-corrected chi connectivity index (χ3v) is 5.34. The van der Waals surface area contributed by atoms with E-state index in [-0.39, 0.29) is 10.8 Å². The number of hydrogen-bond acceptors (Lipinski definition) is 0. The zero-order valence-corrected chi connectivity index (χ0v) is 18.3. The molecule has 0 aliphatic carbocycles. The van der Waals surface area contributed by atoms with Gasteiger partial charge in [-0.25, -0.2) is 0 Å². The van der Waals surface area contributed by atoms with Gasteiger partial charge in [0.2, 0.25) is 0 Å². The first-order valence-electron chi connectivity index (χ1n) is 10.0. The predicted molar refractivity (Wildman–Crippen MR) is 114 cm³/mol. The van der Waals surface area contributed by atoms with E-state index in [2.05, 4.69) is 98.7 Å². The van der Waals surface area contributed by atoms with Crippen LogP contribution in [0, 0.1) is 26.0 Å². The summed E-state index contributed by atoms with van der Waals surface area (Å²) in [6.07, 6.45) is 2.35. The van der Waals surface area contributed by atoms with Gasteiger partial charge in [-0.15, -0.1) is 0 Å². The maximum absolute atomic E-state index is 3.51. The molecule has 0 fully saturated rings. The smallest absolute Gasteiger partial charge is 0.00947 e. The molecule has 26 heavy (non-hydrogen) atoms. The topological polar surface area (TPSA) is 0 Å². The molecule has 0 aliphatic rings. The summed E-state index contributed by atoms with van der Waals surface area (Å²) in [7, 11) is 0. The lowest BCUT2D eigenvalue weighted by molar-refractivity contribution is 0.582. The largest absolute Gasteiger partial charge is 0.0653 e. The Morgan fingerprint density at radius 3 is 1.46 bits per heavy atom. The lowest BCUT2D eigenvalue weighted by Gasteiger charge is -2.27. The summed E-state index contributed by atoms with van der Waals surface area (Å²) >= 11 is 0. The van der Waals surface area contributed by atoms with E-state index in [1.54, 1.807) is 0 Å². The number of hydrogen-bond donors (Lipinski definition) is 0. The van der Waals surface area contributed by atoms with Crippen LogP contribution in [0.2, 0.25) is 0 Å². The van der Waals surface area contributed by atoms with Crippen molar-refractivity contribution < 1.29 is 0 Å². The van der Waals surface area contributed by atoms with Crippen molar-refractivity contribution in [1.29, 1.82) is 0 Å². The Balaban J connectivity index is 2.64. The van der Waals surface area contributed by atoms with Crippen molar-refractivity contribution >= 4 is 0 Å². The minimum absolute atomic E-state index is 0.120. The van der Waals surface area contributed by atoms with E-state index in [9.17, 15) is 0 Å². The molecule has 0 amide bonds. The predicted octanol–water partition coefficient (Wildman–Crippen LogP) is 7.43. The fourth-order valence-corrected chi connectivity index (χ4v) is 3.54. The number of rotatable bonds is 4. The molecule has 2 radical (unpaired) electrons. The molecular formula is C26H36. The highest BCUT2D eigenvalue weighted by molar-refractivity contribution is 5.45. The lowest BCUT2D eigenvalue weighted by Crippen LogP contribution is -2.15. The van der Waals surface area contributed by atoms with Gasteiger partial charge >= 0.3 is 0 Å². The normalized spacial score (nSPS) is 12.7. The van der Waals surface area contributed by atoms with Gasteiger partial charge in [-0.3, -0.25) is 0 Å². The molecule has 0 saturated carbocycles. The first-order chi connectivity index (χ1) is 11.9. The summed E-state index contributed by atoms with van der Waals surface area (Å²) in [6, 6.07) is 16.2. The molecule has 0 bridgehead atoms. The van der Waals surface area contributed by atoms with Crippen molar-refractivity contribution in [2.24, 2.45) is 0 Å². The summed E-state index contributed by atoms with van der Waals surface area (Å²) in [4.78, 5) is 0. The minimum atomic E-state index is 0.120. The van der Waals surface area contributed by atoms with Gasteiger partial charge in [0.25, 0.3) is 0 Å². The highest BCUT2D eigenvalue weighted by atomic mass is 14.3. The van der Waals surface area contributed by atoms with Gasteiger partial charge in [0, 0.05) is 5.92 Å². The second kappa shape index (κ2) is 7.59. The van der Waals surface area contributed by atoms with Crippen LogP contribution in [0.15, 0.2) is 24.3 Å². The van der Waals surface area contributed by atoms with Gasteiger partial charge in [0.1, 0.15) is 0 Å². The molecule has 2 aromatic carbocycles. The maximum Gasteiger partial charge on any atom is 0.00947 e. The van der Waals surface area contributed by atoms with E-state index in [0.29, 0.717) is 5.92 Å². The van der Waals surface area contributed by atoms with Gasteiger partial charge in [-0.1, -0.05) is 79.2 Å². The van der Waals surface area contributed by atoms with Crippen molar-refractivity contribution in [2.75, 3.05) is 0 Å². The van der Waals surface area contributed by atoms with Gasteiger partial charge < -0.3 is 0 Å². The van der Waals surface area contributed by atoms with Gasteiger partial charge in [0.05, 0.1) is 0 Å². The Bertz CT molecular complexity index is 687. The fraction of sp³-hybridized carbons (Fsp3) is 0.538. The minimum Gasteiger partial charge on any atom is -0.0653 e. The average Bonchev–Trinajstić information content (AvgIpc) is 2.52. The fourth-order valence-electron chi connectivity index (χ4n) is 3.54. The molecule has 140 valence electrons. The first-order valence-corrected chi connectivity index (χ1v) is 10.0. The van der Waals surface area contributed by atoms with E-state index >= 15 is 0 Å². The summed E-state index contributed by atoms with van der Waals surface area (Å²) in [5.41, 5.74) is 8.46. The van der Waals surface area contributed by atoms with Crippen LogP contribution < -0.4 is 0 Å².